The fraction of sp³-hybridized carbons (Fsp3) is 0.355. The van der Waals surface area contributed by atoms with Crippen molar-refractivity contribution in [3.63, 3.8) is 0 Å². The zero-order valence-corrected chi connectivity index (χ0v) is 24.5. The van der Waals surface area contributed by atoms with Crippen LogP contribution < -0.4 is 4.90 Å². The SMILES string of the molecule is O=C([C@H]1CCCN(Cc2nc3ccccc3n2Cc2ccc(Cl)cc2)C1)N1CCN(c2ccc(Cl)cc2Cl)CC1. The fourth-order valence-corrected chi connectivity index (χ4v) is 6.61. The molecule has 2 fully saturated rings. The summed E-state index contributed by atoms with van der Waals surface area (Å²) in [5.74, 6) is 1.30. The zero-order valence-electron chi connectivity index (χ0n) is 22.3. The minimum Gasteiger partial charge on any atom is -0.367 e. The number of hydrogen-bond donors (Lipinski definition) is 0. The van der Waals surface area contributed by atoms with Crippen molar-refractivity contribution in [3.8, 4) is 0 Å². The Morgan fingerprint density at radius 2 is 1.60 bits per heavy atom. The van der Waals surface area contributed by atoms with Crippen LogP contribution in [0.5, 0.6) is 0 Å². The van der Waals surface area contributed by atoms with E-state index in [4.69, 9.17) is 39.8 Å². The predicted octanol–water partition coefficient (Wildman–Crippen LogP) is 6.61. The number of hydrogen-bond acceptors (Lipinski definition) is 4. The van der Waals surface area contributed by atoms with E-state index >= 15 is 0 Å². The van der Waals surface area contributed by atoms with E-state index in [0.717, 1.165) is 79.7 Å². The summed E-state index contributed by atoms with van der Waals surface area (Å²) >= 11 is 18.6. The number of likely N-dealkylation sites (tertiary alicyclic amines) is 1. The molecule has 2 aliphatic rings. The van der Waals surface area contributed by atoms with Gasteiger partial charge in [0, 0.05) is 49.3 Å². The number of benzene rings is 3. The number of imidazole rings is 1. The summed E-state index contributed by atoms with van der Waals surface area (Å²) < 4.78 is 2.30. The number of piperidine rings is 1. The Bertz CT molecular complexity index is 1500. The lowest BCUT2D eigenvalue weighted by Gasteiger charge is -2.40. The Morgan fingerprint density at radius 1 is 0.850 bits per heavy atom. The molecule has 0 unspecified atom stereocenters. The molecule has 0 saturated carbocycles. The van der Waals surface area contributed by atoms with Crippen molar-refractivity contribution in [2.75, 3.05) is 44.2 Å². The summed E-state index contributed by atoms with van der Waals surface area (Å²) in [6.07, 6.45) is 1.94. The Labute approximate surface area is 250 Å². The van der Waals surface area contributed by atoms with Gasteiger partial charge >= 0.3 is 0 Å². The molecule has 0 radical (unpaired) electrons. The summed E-state index contributed by atoms with van der Waals surface area (Å²) in [5, 5.41) is 2.01. The van der Waals surface area contributed by atoms with Crippen LogP contribution in [-0.4, -0.2) is 64.5 Å². The average Bonchev–Trinajstić information content (AvgIpc) is 3.30. The van der Waals surface area contributed by atoms with E-state index < -0.39 is 0 Å². The molecular formula is C31H32Cl3N5O. The van der Waals surface area contributed by atoms with Crippen molar-refractivity contribution in [3.05, 3.63) is 93.2 Å². The van der Waals surface area contributed by atoms with Gasteiger partial charge < -0.3 is 14.4 Å². The number of carbonyl (C=O) groups excluding carboxylic acids is 1. The lowest BCUT2D eigenvalue weighted by Crippen LogP contribution is -2.52. The molecule has 6 nitrogen and oxygen atoms in total. The third kappa shape index (κ3) is 5.96. The molecule has 3 heterocycles. The molecule has 4 aromatic rings. The van der Waals surface area contributed by atoms with Gasteiger partial charge in [-0.3, -0.25) is 9.69 Å². The molecule has 208 valence electrons. The van der Waals surface area contributed by atoms with Crippen molar-refractivity contribution in [1.29, 1.82) is 0 Å². The monoisotopic (exact) mass is 595 g/mol. The lowest BCUT2D eigenvalue weighted by atomic mass is 9.96. The van der Waals surface area contributed by atoms with Crippen molar-refractivity contribution < 1.29 is 4.79 Å². The first-order valence-electron chi connectivity index (χ1n) is 13.8. The van der Waals surface area contributed by atoms with Crippen LogP contribution in [0.25, 0.3) is 11.0 Å². The summed E-state index contributed by atoms with van der Waals surface area (Å²) in [6.45, 7) is 6.09. The van der Waals surface area contributed by atoms with Gasteiger partial charge in [0.2, 0.25) is 5.91 Å². The van der Waals surface area contributed by atoms with Crippen LogP contribution in [-0.2, 0) is 17.9 Å². The molecule has 1 aromatic heterocycles. The highest BCUT2D eigenvalue weighted by molar-refractivity contribution is 6.36. The third-order valence-electron chi connectivity index (χ3n) is 8.05. The predicted molar refractivity (Wildman–Crippen MR) is 164 cm³/mol. The molecule has 2 aliphatic heterocycles. The number of piperazine rings is 1. The van der Waals surface area contributed by atoms with Crippen LogP contribution in [0.4, 0.5) is 5.69 Å². The van der Waals surface area contributed by atoms with Crippen LogP contribution in [0, 0.1) is 5.92 Å². The molecule has 0 spiro atoms. The topological polar surface area (TPSA) is 44.6 Å². The first-order valence-corrected chi connectivity index (χ1v) is 15.0. The molecule has 3 aromatic carbocycles. The summed E-state index contributed by atoms with van der Waals surface area (Å²) in [5.41, 5.74) is 4.27. The second kappa shape index (κ2) is 12.0. The maximum absolute atomic E-state index is 13.6. The second-order valence-corrected chi connectivity index (χ2v) is 12.0. The summed E-state index contributed by atoms with van der Waals surface area (Å²) in [6, 6.07) is 21.9. The van der Waals surface area contributed by atoms with Gasteiger partial charge in [-0.15, -0.1) is 0 Å². The number of halogens is 3. The van der Waals surface area contributed by atoms with Gasteiger partial charge in [0.05, 0.1) is 34.2 Å². The van der Waals surface area contributed by atoms with E-state index in [-0.39, 0.29) is 11.8 Å². The van der Waals surface area contributed by atoms with E-state index in [1.54, 1.807) is 6.07 Å². The van der Waals surface area contributed by atoms with Crippen molar-refractivity contribution in [1.82, 2.24) is 19.4 Å². The normalized spacial score (nSPS) is 18.4. The van der Waals surface area contributed by atoms with Gasteiger partial charge in [-0.05, 0) is 67.4 Å². The van der Waals surface area contributed by atoms with Gasteiger partial charge in [-0.2, -0.15) is 0 Å². The van der Waals surface area contributed by atoms with Crippen molar-refractivity contribution in [2.24, 2.45) is 5.92 Å². The first-order chi connectivity index (χ1) is 19.4. The highest BCUT2D eigenvalue weighted by Gasteiger charge is 2.32. The Kier molecular flexibility index (Phi) is 8.22. The van der Waals surface area contributed by atoms with Crippen LogP contribution in [0.15, 0.2) is 66.7 Å². The largest absolute Gasteiger partial charge is 0.367 e. The number of rotatable bonds is 6. The highest BCUT2D eigenvalue weighted by atomic mass is 35.5. The molecule has 40 heavy (non-hydrogen) atoms. The van der Waals surface area contributed by atoms with Gasteiger partial charge in [0.15, 0.2) is 0 Å². The lowest BCUT2D eigenvalue weighted by molar-refractivity contribution is -0.137. The zero-order chi connectivity index (χ0) is 27.6. The van der Waals surface area contributed by atoms with E-state index in [0.29, 0.717) is 23.1 Å². The fourth-order valence-electron chi connectivity index (χ4n) is 5.96. The Balaban J connectivity index is 1.12. The number of fused-ring (bicyclic) bond motifs is 1. The molecule has 0 N–H and O–H groups in total. The van der Waals surface area contributed by atoms with Crippen molar-refractivity contribution >= 4 is 57.4 Å². The number of amides is 1. The quantitative estimate of drug-likeness (QED) is 0.251. The van der Waals surface area contributed by atoms with E-state index in [1.165, 1.54) is 5.56 Å². The number of anilines is 1. The van der Waals surface area contributed by atoms with Gasteiger partial charge in [0.25, 0.3) is 0 Å². The molecule has 1 amide bonds. The Hall–Kier alpha value is -2.77. The molecule has 6 rings (SSSR count). The third-order valence-corrected chi connectivity index (χ3v) is 8.84. The minimum absolute atomic E-state index is 0.00788. The minimum atomic E-state index is 0.00788. The molecule has 9 heteroatoms. The van der Waals surface area contributed by atoms with Gasteiger partial charge in [-0.1, -0.05) is 59.1 Å². The number of nitrogens with zero attached hydrogens (tertiary/aromatic N) is 5. The maximum Gasteiger partial charge on any atom is 0.227 e. The van der Waals surface area contributed by atoms with E-state index in [9.17, 15) is 4.79 Å². The summed E-state index contributed by atoms with van der Waals surface area (Å²) in [4.78, 5) is 25.3. The van der Waals surface area contributed by atoms with Crippen molar-refractivity contribution in [2.45, 2.75) is 25.9 Å². The standard InChI is InChI=1S/C31H32Cl3N5O/c32-24-9-7-22(8-10-24)19-39-29-6-2-1-5-27(29)35-30(39)21-36-13-3-4-23(20-36)31(40)38-16-14-37(15-17-38)28-12-11-25(33)18-26(28)34/h1-2,5-12,18,23H,3-4,13-17,19-21H2/t23-/m0/s1. The van der Waals surface area contributed by atoms with E-state index in [2.05, 4.69) is 44.7 Å². The van der Waals surface area contributed by atoms with E-state index in [1.807, 2.05) is 35.2 Å². The highest BCUT2D eigenvalue weighted by Crippen LogP contribution is 2.30. The molecule has 2 saturated heterocycles. The second-order valence-electron chi connectivity index (χ2n) is 10.7. The average molecular weight is 597 g/mol. The number of para-hydroxylation sites is 2. The first kappa shape index (κ1) is 27.4. The maximum atomic E-state index is 13.6. The molecular weight excluding hydrogens is 565 g/mol. The summed E-state index contributed by atoms with van der Waals surface area (Å²) in [7, 11) is 0. The molecule has 0 bridgehead atoms. The smallest absolute Gasteiger partial charge is 0.227 e. The number of carbonyl (C=O) groups is 1. The van der Waals surface area contributed by atoms with Crippen LogP contribution in [0.1, 0.15) is 24.2 Å². The molecule has 0 aliphatic carbocycles. The van der Waals surface area contributed by atoms with Gasteiger partial charge in [0.1, 0.15) is 5.82 Å². The van der Waals surface area contributed by atoms with Crippen LogP contribution in [0.3, 0.4) is 0 Å². The number of aromatic nitrogens is 2. The Morgan fingerprint density at radius 3 is 2.38 bits per heavy atom. The van der Waals surface area contributed by atoms with Crippen LogP contribution >= 0.6 is 34.8 Å². The van der Waals surface area contributed by atoms with Gasteiger partial charge in [-0.25, -0.2) is 4.98 Å². The van der Waals surface area contributed by atoms with Crippen LogP contribution in [0.2, 0.25) is 15.1 Å². The molecule has 1 atom stereocenters.